The van der Waals surface area contributed by atoms with Crippen molar-refractivity contribution in [3.63, 3.8) is 0 Å². The molecule has 0 saturated carbocycles. The topological polar surface area (TPSA) is 0 Å². The van der Waals surface area contributed by atoms with Crippen molar-refractivity contribution in [3.05, 3.63) is 91.0 Å². The zero-order chi connectivity index (χ0) is 16.0. The van der Waals surface area contributed by atoms with Gasteiger partial charge in [-0.3, -0.25) is 0 Å². The lowest BCUT2D eigenvalue weighted by molar-refractivity contribution is 0.891. The molecule has 0 nitrogen and oxygen atoms in total. The minimum absolute atomic E-state index is 0. The summed E-state index contributed by atoms with van der Waals surface area (Å²) in [6.07, 6.45) is 3.72. The van der Waals surface area contributed by atoms with Gasteiger partial charge in [0.25, 0.3) is 0 Å². The summed E-state index contributed by atoms with van der Waals surface area (Å²) in [5.74, 6) is 0. The van der Waals surface area contributed by atoms with E-state index in [-0.39, 0.29) is 9.90 Å². The van der Waals surface area contributed by atoms with Crippen molar-refractivity contribution in [3.8, 4) is 0 Å². The van der Waals surface area contributed by atoms with E-state index in [1.165, 1.54) is 34.9 Å². The average Bonchev–Trinajstić information content (AvgIpc) is 2.65. The Hall–Kier alpha value is -1.48. The van der Waals surface area contributed by atoms with Crippen LogP contribution in [0.25, 0.3) is 0 Å². The Kier molecular flexibility index (Phi) is 7.16. The summed E-state index contributed by atoms with van der Waals surface area (Å²) < 4.78 is 0. The fourth-order valence-corrected chi connectivity index (χ4v) is 7.78. The molecule has 3 aromatic carbocycles. The summed E-state index contributed by atoms with van der Waals surface area (Å²) in [6.45, 7) is 2.29. The van der Waals surface area contributed by atoms with Crippen molar-refractivity contribution in [2.75, 3.05) is 6.16 Å². The first-order chi connectivity index (χ1) is 11.4. The molecule has 3 aromatic rings. The molecule has 1 atom stereocenters. The third-order valence-electron chi connectivity index (χ3n) is 4.44. The van der Waals surface area contributed by atoms with Crippen LogP contribution in [0.4, 0.5) is 0 Å². The van der Waals surface area contributed by atoms with E-state index in [2.05, 4.69) is 97.9 Å². The van der Waals surface area contributed by atoms with Gasteiger partial charge in [-0.05, 0) is 42.8 Å². The van der Waals surface area contributed by atoms with Crippen LogP contribution in [-0.2, 0) is 0 Å². The minimum Gasteiger partial charge on any atom is -0.153 e. The van der Waals surface area contributed by atoms with Crippen LogP contribution < -0.4 is 15.9 Å². The molecule has 3 rings (SSSR count). The Labute approximate surface area is 150 Å². The molecular weight excluding hydrogens is 326 g/mol. The second kappa shape index (κ2) is 9.12. The highest BCUT2D eigenvalue weighted by Crippen LogP contribution is 2.55. The number of benzene rings is 3. The van der Waals surface area contributed by atoms with E-state index in [0.29, 0.717) is 0 Å². The van der Waals surface area contributed by atoms with Crippen LogP contribution >= 0.6 is 17.2 Å². The fraction of sp³-hybridized carbons (Fsp3) is 0.182. The van der Waals surface area contributed by atoms with E-state index < -0.39 is 7.26 Å². The molecule has 0 spiro atoms. The molecule has 0 saturated heterocycles. The van der Waals surface area contributed by atoms with E-state index in [1.54, 1.807) is 0 Å². The summed E-state index contributed by atoms with van der Waals surface area (Å²) in [7, 11) is -1.57. The molecule has 124 valence electrons. The highest BCUT2D eigenvalue weighted by molar-refractivity contribution is 7.95. The van der Waals surface area contributed by atoms with Crippen LogP contribution in [0.15, 0.2) is 91.0 Å². The molecule has 0 aromatic heterocycles. The third kappa shape index (κ3) is 3.77. The molecule has 24 heavy (non-hydrogen) atoms. The van der Waals surface area contributed by atoms with Crippen molar-refractivity contribution in [2.24, 2.45) is 0 Å². The number of hydrogen-bond acceptors (Lipinski definition) is 0. The molecule has 1 unspecified atom stereocenters. The first-order valence-electron chi connectivity index (χ1n) is 8.43. The molecule has 0 aliphatic heterocycles. The predicted molar refractivity (Wildman–Crippen MR) is 116 cm³/mol. The summed E-state index contributed by atoms with van der Waals surface area (Å²) >= 11 is 0. The van der Waals surface area contributed by atoms with Gasteiger partial charge >= 0.3 is 0 Å². The van der Waals surface area contributed by atoms with Gasteiger partial charge in [-0.15, -0.1) is 0 Å². The smallest absolute Gasteiger partial charge is 0.112 e. The summed E-state index contributed by atoms with van der Waals surface area (Å²) in [6, 6.07) is 33.4. The molecule has 0 amide bonds. The van der Waals surface area contributed by atoms with Gasteiger partial charge in [-0.1, -0.05) is 67.9 Å². The van der Waals surface area contributed by atoms with Crippen LogP contribution in [0.3, 0.4) is 0 Å². The van der Waals surface area contributed by atoms with Gasteiger partial charge in [0, 0.05) is 0 Å². The Morgan fingerprint density at radius 2 is 0.917 bits per heavy atom. The molecule has 0 aliphatic carbocycles. The maximum Gasteiger partial charge on any atom is 0.112 e. The van der Waals surface area contributed by atoms with E-state index >= 15 is 0 Å². The van der Waals surface area contributed by atoms with Crippen LogP contribution in [-0.4, -0.2) is 6.16 Å². The highest BCUT2D eigenvalue weighted by atomic mass is 31.2. The summed E-state index contributed by atoms with van der Waals surface area (Å²) in [5.41, 5.74) is 0. The Balaban J connectivity index is 0.00000208. The SMILES string of the molecule is CCCC[P+](c1ccccc1)(c1ccccc1)c1ccccc1.P. The zero-order valence-corrected chi connectivity index (χ0v) is 16.7. The Morgan fingerprint density at radius 3 is 1.21 bits per heavy atom. The van der Waals surface area contributed by atoms with Crippen molar-refractivity contribution >= 4 is 33.1 Å². The van der Waals surface area contributed by atoms with Crippen molar-refractivity contribution < 1.29 is 0 Å². The lowest BCUT2D eigenvalue weighted by atomic mass is 10.3. The Morgan fingerprint density at radius 1 is 0.583 bits per heavy atom. The van der Waals surface area contributed by atoms with E-state index in [9.17, 15) is 0 Å². The van der Waals surface area contributed by atoms with E-state index in [0.717, 1.165) is 0 Å². The fourth-order valence-electron chi connectivity index (χ4n) is 3.28. The third-order valence-corrected chi connectivity index (χ3v) is 8.96. The number of rotatable bonds is 6. The second-order valence-corrected chi connectivity index (χ2v) is 9.51. The van der Waals surface area contributed by atoms with Gasteiger partial charge in [0.05, 0.1) is 6.16 Å². The minimum atomic E-state index is -1.57. The summed E-state index contributed by atoms with van der Waals surface area (Å²) in [5, 5.41) is 4.47. The predicted octanol–water partition coefficient (Wildman–Crippen LogP) is 4.84. The van der Waals surface area contributed by atoms with Crippen LogP contribution in [0.2, 0.25) is 0 Å². The largest absolute Gasteiger partial charge is 0.153 e. The maximum atomic E-state index is 2.32. The van der Waals surface area contributed by atoms with Gasteiger partial charge in [0.1, 0.15) is 23.2 Å². The highest BCUT2D eigenvalue weighted by Gasteiger charge is 2.44. The van der Waals surface area contributed by atoms with Gasteiger partial charge < -0.3 is 0 Å². The van der Waals surface area contributed by atoms with Crippen molar-refractivity contribution in [1.82, 2.24) is 0 Å². The van der Waals surface area contributed by atoms with Crippen LogP contribution in [0.5, 0.6) is 0 Å². The lowest BCUT2D eigenvalue weighted by Crippen LogP contribution is -2.33. The first kappa shape index (κ1) is 18.9. The van der Waals surface area contributed by atoms with Crippen LogP contribution in [0.1, 0.15) is 19.8 Å². The normalized spacial score (nSPS) is 10.9. The second-order valence-electron chi connectivity index (χ2n) is 5.89. The zero-order valence-electron chi connectivity index (χ0n) is 14.4. The number of unbranched alkanes of at least 4 members (excludes halogenated alkanes) is 1. The molecule has 0 N–H and O–H groups in total. The molecule has 2 heteroatoms. The molecule has 0 radical (unpaired) electrons. The molecule has 0 fully saturated rings. The summed E-state index contributed by atoms with van der Waals surface area (Å²) in [4.78, 5) is 0. The monoisotopic (exact) mass is 353 g/mol. The average molecular weight is 353 g/mol. The number of hydrogen-bond donors (Lipinski definition) is 0. The molecule has 0 bridgehead atoms. The molecule has 0 aliphatic rings. The van der Waals surface area contributed by atoms with E-state index in [1.807, 2.05) is 0 Å². The quantitative estimate of drug-likeness (QED) is 0.557. The van der Waals surface area contributed by atoms with Gasteiger partial charge in [-0.25, -0.2) is 0 Å². The van der Waals surface area contributed by atoms with Crippen LogP contribution in [0, 0.1) is 0 Å². The van der Waals surface area contributed by atoms with Crippen molar-refractivity contribution in [2.45, 2.75) is 19.8 Å². The molecule has 0 heterocycles. The standard InChI is InChI=1S/C22H24P.H3P/c1-2-3-19-23(20-13-7-4-8-14-20,21-15-9-5-10-16-21)22-17-11-6-12-18-22;/h4-18H,2-3,19H2,1H3;1H3/q+1;. The Bertz CT molecular complexity index is 612. The van der Waals surface area contributed by atoms with Gasteiger partial charge in [0.2, 0.25) is 0 Å². The lowest BCUT2D eigenvalue weighted by Gasteiger charge is -2.27. The molecular formula is C22H27P2+. The van der Waals surface area contributed by atoms with Gasteiger partial charge in [-0.2, -0.15) is 9.90 Å². The maximum absolute atomic E-state index is 2.32. The van der Waals surface area contributed by atoms with E-state index in [4.69, 9.17) is 0 Å². The van der Waals surface area contributed by atoms with Crippen molar-refractivity contribution in [1.29, 1.82) is 0 Å². The van der Waals surface area contributed by atoms with Gasteiger partial charge in [0.15, 0.2) is 0 Å². The first-order valence-corrected chi connectivity index (χ1v) is 10.4.